The summed E-state index contributed by atoms with van der Waals surface area (Å²) in [7, 11) is 0. The lowest BCUT2D eigenvalue weighted by Crippen LogP contribution is -2.46. The molecule has 1 aliphatic heterocycles. The largest absolute Gasteiger partial charge is 0.493 e. The zero-order chi connectivity index (χ0) is 17.3. The average Bonchev–Trinajstić information content (AvgIpc) is 2.69. The van der Waals surface area contributed by atoms with Gasteiger partial charge in [-0.25, -0.2) is 0 Å². The smallest absolute Gasteiger partial charge is 0.127 e. The summed E-state index contributed by atoms with van der Waals surface area (Å²) in [5.74, 6) is 0.991. The van der Waals surface area contributed by atoms with Gasteiger partial charge in [-0.1, -0.05) is 55.5 Å². The number of unbranched alkanes of at least 4 members (excludes halogenated alkanes) is 1. The van der Waals surface area contributed by atoms with Crippen LogP contribution < -0.4 is 4.74 Å². The minimum absolute atomic E-state index is 0.790. The molecule has 1 aliphatic rings. The van der Waals surface area contributed by atoms with Crippen LogP contribution in [0.25, 0.3) is 11.1 Å². The molecular formula is C22H30N2O. The van der Waals surface area contributed by atoms with Gasteiger partial charge in [-0.3, -0.25) is 0 Å². The predicted molar refractivity (Wildman–Crippen MR) is 105 cm³/mol. The monoisotopic (exact) mass is 338 g/mol. The molecule has 3 nitrogen and oxygen atoms in total. The van der Waals surface area contributed by atoms with Gasteiger partial charge in [0, 0.05) is 31.7 Å². The molecule has 0 radical (unpaired) electrons. The van der Waals surface area contributed by atoms with Crippen LogP contribution in [0.15, 0.2) is 54.6 Å². The van der Waals surface area contributed by atoms with Gasteiger partial charge in [0.15, 0.2) is 0 Å². The van der Waals surface area contributed by atoms with E-state index < -0.39 is 0 Å². The minimum atomic E-state index is 0.790. The molecule has 2 aromatic carbocycles. The van der Waals surface area contributed by atoms with Crippen LogP contribution in [-0.2, 0) is 0 Å². The first-order chi connectivity index (χ1) is 12.4. The van der Waals surface area contributed by atoms with Gasteiger partial charge < -0.3 is 14.5 Å². The molecule has 1 saturated heterocycles. The molecule has 3 rings (SSSR count). The lowest BCUT2D eigenvalue weighted by molar-refractivity contribution is 0.134. The van der Waals surface area contributed by atoms with E-state index >= 15 is 0 Å². The second kappa shape index (κ2) is 9.59. The molecule has 3 heteroatoms. The maximum Gasteiger partial charge on any atom is 0.127 e. The van der Waals surface area contributed by atoms with Crippen LogP contribution in [-0.4, -0.2) is 55.7 Å². The molecule has 1 heterocycles. The van der Waals surface area contributed by atoms with Crippen molar-refractivity contribution in [3.63, 3.8) is 0 Å². The quantitative estimate of drug-likeness (QED) is 0.673. The third-order valence-electron chi connectivity index (χ3n) is 5.01. The van der Waals surface area contributed by atoms with Crippen LogP contribution in [0.4, 0.5) is 0 Å². The number of hydrogen-bond donors (Lipinski definition) is 0. The molecule has 1 fully saturated rings. The predicted octanol–water partition coefficient (Wildman–Crippen LogP) is 4.15. The van der Waals surface area contributed by atoms with Crippen molar-refractivity contribution in [2.45, 2.75) is 19.8 Å². The zero-order valence-electron chi connectivity index (χ0n) is 15.4. The number of piperazine rings is 1. The summed E-state index contributed by atoms with van der Waals surface area (Å²) in [4.78, 5) is 5.12. The maximum absolute atomic E-state index is 6.09. The van der Waals surface area contributed by atoms with Crippen molar-refractivity contribution < 1.29 is 4.74 Å². The van der Waals surface area contributed by atoms with Crippen molar-refractivity contribution >= 4 is 0 Å². The number of nitrogens with zero attached hydrogens (tertiary/aromatic N) is 2. The summed E-state index contributed by atoms with van der Waals surface area (Å²) in [6, 6.07) is 18.8. The van der Waals surface area contributed by atoms with Crippen molar-refractivity contribution in [2.75, 3.05) is 45.9 Å². The van der Waals surface area contributed by atoms with Crippen LogP contribution in [0.3, 0.4) is 0 Å². The minimum Gasteiger partial charge on any atom is -0.493 e. The van der Waals surface area contributed by atoms with Gasteiger partial charge in [-0.15, -0.1) is 0 Å². The van der Waals surface area contributed by atoms with E-state index in [0.717, 1.165) is 18.8 Å². The van der Waals surface area contributed by atoms with Gasteiger partial charge >= 0.3 is 0 Å². The Morgan fingerprint density at radius 3 is 2.24 bits per heavy atom. The van der Waals surface area contributed by atoms with Gasteiger partial charge in [0.25, 0.3) is 0 Å². The van der Waals surface area contributed by atoms with Crippen LogP contribution in [0.2, 0.25) is 0 Å². The molecule has 0 saturated carbocycles. The fourth-order valence-corrected chi connectivity index (χ4v) is 3.40. The van der Waals surface area contributed by atoms with Crippen LogP contribution >= 0.6 is 0 Å². The molecule has 0 aromatic heterocycles. The molecular weight excluding hydrogens is 308 g/mol. The summed E-state index contributed by atoms with van der Waals surface area (Å²) in [6.07, 6.45) is 2.32. The van der Waals surface area contributed by atoms with Crippen LogP contribution in [0.1, 0.15) is 19.8 Å². The first-order valence-electron chi connectivity index (χ1n) is 9.59. The molecule has 0 unspecified atom stereocenters. The second-order valence-electron chi connectivity index (χ2n) is 6.69. The Bertz CT molecular complexity index is 621. The number of ether oxygens (including phenoxy) is 1. The third-order valence-corrected chi connectivity index (χ3v) is 5.01. The first-order valence-corrected chi connectivity index (χ1v) is 9.59. The lowest BCUT2D eigenvalue weighted by atomic mass is 10.1. The summed E-state index contributed by atoms with van der Waals surface area (Å²) in [5.41, 5.74) is 2.39. The van der Waals surface area contributed by atoms with Crippen molar-refractivity contribution in [3.8, 4) is 16.9 Å². The molecule has 0 spiro atoms. The van der Waals surface area contributed by atoms with Crippen molar-refractivity contribution in [1.29, 1.82) is 0 Å². The Labute approximate surface area is 152 Å². The van der Waals surface area contributed by atoms with E-state index in [0.29, 0.717) is 0 Å². The Balaban J connectivity index is 1.41. The molecule has 0 amide bonds. The molecule has 2 aromatic rings. The molecule has 0 bridgehead atoms. The average molecular weight is 338 g/mol. The summed E-state index contributed by atoms with van der Waals surface area (Å²) < 4.78 is 6.09. The van der Waals surface area contributed by atoms with E-state index in [1.54, 1.807) is 0 Å². The summed E-state index contributed by atoms with van der Waals surface area (Å²) >= 11 is 0. The standard InChI is InChI=1S/C22H30N2O/c1-2-23-15-17-24(18-16-23)14-8-9-19-25-22-13-7-6-12-21(22)20-10-4-3-5-11-20/h3-7,10-13H,2,8-9,14-19H2,1H3. The highest BCUT2D eigenvalue weighted by molar-refractivity contribution is 5.70. The zero-order valence-corrected chi connectivity index (χ0v) is 15.4. The van der Waals surface area contributed by atoms with Gasteiger partial charge in [-0.2, -0.15) is 0 Å². The fourth-order valence-electron chi connectivity index (χ4n) is 3.40. The van der Waals surface area contributed by atoms with E-state index in [9.17, 15) is 0 Å². The second-order valence-corrected chi connectivity index (χ2v) is 6.69. The Morgan fingerprint density at radius 2 is 1.48 bits per heavy atom. The Kier molecular flexibility index (Phi) is 6.89. The molecule has 25 heavy (non-hydrogen) atoms. The van der Waals surface area contributed by atoms with Crippen molar-refractivity contribution in [1.82, 2.24) is 9.80 Å². The maximum atomic E-state index is 6.09. The number of para-hydroxylation sites is 1. The van der Waals surface area contributed by atoms with Crippen LogP contribution in [0.5, 0.6) is 5.75 Å². The van der Waals surface area contributed by atoms with Gasteiger partial charge in [0.05, 0.1) is 6.61 Å². The molecule has 134 valence electrons. The molecule has 0 aliphatic carbocycles. The Hall–Kier alpha value is -1.84. The number of benzene rings is 2. The van der Waals surface area contributed by atoms with E-state index in [1.165, 1.54) is 56.8 Å². The number of rotatable bonds is 8. The van der Waals surface area contributed by atoms with Gasteiger partial charge in [-0.05, 0) is 37.6 Å². The van der Waals surface area contributed by atoms with Crippen LogP contribution in [0, 0.1) is 0 Å². The summed E-state index contributed by atoms with van der Waals surface area (Å²) in [5, 5.41) is 0. The summed E-state index contributed by atoms with van der Waals surface area (Å²) in [6.45, 7) is 10.3. The molecule has 0 N–H and O–H groups in total. The molecule has 0 atom stereocenters. The topological polar surface area (TPSA) is 15.7 Å². The van der Waals surface area contributed by atoms with E-state index in [-0.39, 0.29) is 0 Å². The first kappa shape index (κ1) is 18.0. The van der Waals surface area contributed by atoms with E-state index in [4.69, 9.17) is 4.74 Å². The van der Waals surface area contributed by atoms with Gasteiger partial charge in [0.2, 0.25) is 0 Å². The Morgan fingerprint density at radius 1 is 0.800 bits per heavy atom. The van der Waals surface area contributed by atoms with Gasteiger partial charge in [0.1, 0.15) is 5.75 Å². The number of likely N-dealkylation sites (N-methyl/N-ethyl adjacent to an activating group) is 1. The normalized spacial score (nSPS) is 16.0. The SMILES string of the molecule is CCN1CCN(CCCCOc2ccccc2-c2ccccc2)CC1. The highest BCUT2D eigenvalue weighted by atomic mass is 16.5. The third kappa shape index (κ3) is 5.32. The highest BCUT2D eigenvalue weighted by Gasteiger charge is 2.14. The highest BCUT2D eigenvalue weighted by Crippen LogP contribution is 2.29. The van der Waals surface area contributed by atoms with E-state index in [1.807, 2.05) is 6.07 Å². The van der Waals surface area contributed by atoms with Crippen molar-refractivity contribution in [3.05, 3.63) is 54.6 Å². The number of hydrogen-bond acceptors (Lipinski definition) is 3. The van der Waals surface area contributed by atoms with Crippen molar-refractivity contribution in [2.24, 2.45) is 0 Å². The van der Waals surface area contributed by atoms with E-state index in [2.05, 4.69) is 65.3 Å². The lowest BCUT2D eigenvalue weighted by Gasteiger charge is -2.33. The fraction of sp³-hybridized carbons (Fsp3) is 0.455.